The zero-order valence-corrected chi connectivity index (χ0v) is 13.9. The maximum absolute atomic E-state index is 11.9. The summed E-state index contributed by atoms with van der Waals surface area (Å²) >= 11 is 1.43. The fourth-order valence-electron chi connectivity index (χ4n) is 3.21. The molecule has 6 N–H and O–H groups in total. The Kier molecular flexibility index (Phi) is 4.36. The lowest BCUT2D eigenvalue weighted by molar-refractivity contribution is -0.114. The summed E-state index contributed by atoms with van der Waals surface area (Å²) in [5, 5.41) is 0.439. The van der Waals surface area contributed by atoms with Crippen LogP contribution in [0.5, 0.6) is 0 Å². The largest absolute Gasteiger partial charge is 0.392 e. The fourth-order valence-corrected chi connectivity index (χ4v) is 4.21. The first-order valence-electron chi connectivity index (χ1n) is 7.69. The Balaban J connectivity index is 2.01. The SMILES string of the molecule is C[C@@H]1SC(N)=C(C(N)=O)N1c1cnccc1N1CCCC(N)C1. The molecule has 0 bridgehead atoms. The second kappa shape index (κ2) is 6.29. The molecule has 8 heteroatoms. The van der Waals surface area contributed by atoms with E-state index in [0.29, 0.717) is 10.7 Å². The van der Waals surface area contributed by atoms with Gasteiger partial charge in [0.15, 0.2) is 0 Å². The maximum atomic E-state index is 11.9. The summed E-state index contributed by atoms with van der Waals surface area (Å²) in [7, 11) is 0. The van der Waals surface area contributed by atoms with Gasteiger partial charge in [-0.05, 0) is 25.8 Å². The Morgan fingerprint density at radius 1 is 1.43 bits per heavy atom. The van der Waals surface area contributed by atoms with Gasteiger partial charge < -0.3 is 27.0 Å². The molecule has 0 spiro atoms. The van der Waals surface area contributed by atoms with Crippen LogP contribution in [0.2, 0.25) is 0 Å². The number of aromatic nitrogens is 1. The normalized spacial score (nSPS) is 25.1. The van der Waals surface area contributed by atoms with Gasteiger partial charge in [0.25, 0.3) is 5.91 Å². The molecule has 1 fully saturated rings. The van der Waals surface area contributed by atoms with Crippen LogP contribution in [0.25, 0.3) is 0 Å². The molecule has 7 nitrogen and oxygen atoms in total. The summed E-state index contributed by atoms with van der Waals surface area (Å²) in [6, 6.07) is 2.11. The molecule has 2 aliphatic heterocycles. The minimum Gasteiger partial charge on any atom is -0.392 e. The van der Waals surface area contributed by atoms with Crippen LogP contribution in [0.15, 0.2) is 29.2 Å². The highest BCUT2D eigenvalue weighted by Gasteiger charge is 2.35. The van der Waals surface area contributed by atoms with Gasteiger partial charge >= 0.3 is 0 Å². The van der Waals surface area contributed by atoms with Crippen molar-refractivity contribution in [3.05, 3.63) is 29.2 Å². The van der Waals surface area contributed by atoms with E-state index in [2.05, 4.69) is 9.88 Å². The van der Waals surface area contributed by atoms with Crippen LogP contribution in [-0.4, -0.2) is 35.4 Å². The summed E-state index contributed by atoms with van der Waals surface area (Å²) in [5.41, 5.74) is 19.8. The van der Waals surface area contributed by atoms with Gasteiger partial charge in [-0.25, -0.2) is 0 Å². The lowest BCUT2D eigenvalue weighted by atomic mass is 10.1. The quantitative estimate of drug-likeness (QED) is 0.738. The molecular weight excluding hydrogens is 312 g/mol. The van der Waals surface area contributed by atoms with E-state index in [1.807, 2.05) is 17.9 Å². The first-order valence-corrected chi connectivity index (χ1v) is 8.57. The van der Waals surface area contributed by atoms with Crippen LogP contribution in [0.3, 0.4) is 0 Å². The first-order chi connectivity index (χ1) is 11.0. The molecular formula is C15H22N6OS. The van der Waals surface area contributed by atoms with Crippen molar-refractivity contribution in [2.45, 2.75) is 31.2 Å². The van der Waals surface area contributed by atoms with E-state index in [1.54, 1.807) is 12.4 Å². The number of thioether (sulfide) groups is 1. The molecule has 23 heavy (non-hydrogen) atoms. The number of hydrogen-bond donors (Lipinski definition) is 3. The predicted molar refractivity (Wildman–Crippen MR) is 93.6 cm³/mol. The number of amides is 1. The van der Waals surface area contributed by atoms with Gasteiger partial charge in [0, 0.05) is 25.3 Å². The number of anilines is 2. The van der Waals surface area contributed by atoms with Crippen LogP contribution in [0.1, 0.15) is 19.8 Å². The molecule has 1 amide bonds. The van der Waals surface area contributed by atoms with Gasteiger partial charge in [-0.1, -0.05) is 11.8 Å². The van der Waals surface area contributed by atoms with E-state index in [4.69, 9.17) is 17.2 Å². The third-order valence-corrected chi connectivity index (χ3v) is 5.20. The Morgan fingerprint density at radius 3 is 2.91 bits per heavy atom. The number of pyridine rings is 1. The summed E-state index contributed by atoms with van der Waals surface area (Å²) in [5.74, 6) is -0.524. The summed E-state index contributed by atoms with van der Waals surface area (Å²) in [6.07, 6.45) is 5.60. The van der Waals surface area contributed by atoms with Crippen LogP contribution >= 0.6 is 11.8 Å². The molecule has 3 heterocycles. The lowest BCUT2D eigenvalue weighted by Crippen LogP contribution is -2.44. The standard InChI is InChI=1S/C15H22N6OS/c1-9-21(13(14(17)22)15(18)23-9)12-7-19-5-4-11(12)20-6-2-3-10(16)8-20/h4-5,7,9-10H,2-3,6,8,16,18H2,1H3,(H2,17,22)/t9-,10?/m0/s1. The van der Waals surface area contributed by atoms with Gasteiger partial charge in [0.1, 0.15) is 5.70 Å². The third-order valence-electron chi connectivity index (χ3n) is 4.20. The monoisotopic (exact) mass is 334 g/mol. The molecule has 2 aliphatic rings. The van der Waals surface area contributed by atoms with E-state index in [1.165, 1.54) is 11.8 Å². The molecule has 1 unspecified atom stereocenters. The van der Waals surface area contributed by atoms with Gasteiger partial charge in [-0.2, -0.15) is 0 Å². The minimum absolute atomic E-state index is 0.0149. The van der Waals surface area contributed by atoms with Crippen LogP contribution < -0.4 is 27.0 Å². The number of nitrogens with two attached hydrogens (primary N) is 3. The Morgan fingerprint density at radius 2 is 2.22 bits per heavy atom. The maximum Gasteiger partial charge on any atom is 0.268 e. The Hall–Kier alpha value is -1.93. The molecule has 0 saturated carbocycles. The van der Waals surface area contributed by atoms with Crippen LogP contribution in [-0.2, 0) is 4.79 Å². The molecule has 0 radical (unpaired) electrons. The smallest absolute Gasteiger partial charge is 0.268 e. The zero-order valence-electron chi connectivity index (χ0n) is 13.1. The van der Waals surface area contributed by atoms with Gasteiger partial charge in [-0.3, -0.25) is 9.78 Å². The molecule has 3 rings (SSSR count). The van der Waals surface area contributed by atoms with Crippen molar-refractivity contribution >= 4 is 29.0 Å². The summed E-state index contributed by atoms with van der Waals surface area (Å²) in [6.45, 7) is 3.72. The lowest BCUT2D eigenvalue weighted by Gasteiger charge is -2.36. The van der Waals surface area contributed by atoms with Crippen molar-refractivity contribution in [1.29, 1.82) is 0 Å². The molecule has 1 aromatic rings. The van der Waals surface area contributed by atoms with Gasteiger partial charge in [0.05, 0.1) is 28.0 Å². The summed E-state index contributed by atoms with van der Waals surface area (Å²) in [4.78, 5) is 20.2. The molecule has 0 aromatic carbocycles. The van der Waals surface area contributed by atoms with E-state index in [-0.39, 0.29) is 11.4 Å². The van der Waals surface area contributed by atoms with Crippen molar-refractivity contribution in [3.8, 4) is 0 Å². The molecule has 0 aliphatic carbocycles. The minimum atomic E-state index is -0.524. The average Bonchev–Trinajstić information content (AvgIpc) is 2.81. The highest BCUT2D eigenvalue weighted by molar-refractivity contribution is 8.04. The highest BCUT2D eigenvalue weighted by Crippen LogP contribution is 2.42. The van der Waals surface area contributed by atoms with Crippen molar-refractivity contribution in [1.82, 2.24) is 4.98 Å². The first kappa shape index (κ1) is 15.9. The average molecular weight is 334 g/mol. The number of primary amides is 1. The Labute approximate surface area is 139 Å². The topological polar surface area (TPSA) is 114 Å². The van der Waals surface area contributed by atoms with Crippen molar-refractivity contribution in [2.24, 2.45) is 17.2 Å². The Bertz CT molecular complexity index is 649. The van der Waals surface area contributed by atoms with E-state index < -0.39 is 5.91 Å². The second-order valence-corrected chi connectivity index (χ2v) is 7.23. The molecule has 2 atom stereocenters. The summed E-state index contributed by atoms with van der Waals surface area (Å²) < 4.78 is 0. The number of rotatable bonds is 3. The van der Waals surface area contributed by atoms with E-state index in [9.17, 15) is 4.79 Å². The van der Waals surface area contributed by atoms with Crippen molar-refractivity contribution < 1.29 is 4.79 Å². The van der Waals surface area contributed by atoms with Gasteiger partial charge in [-0.15, -0.1) is 0 Å². The number of piperidine rings is 1. The van der Waals surface area contributed by atoms with Crippen LogP contribution in [0.4, 0.5) is 11.4 Å². The van der Waals surface area contributed by atoms with E-state index >= 15 is 0 Å². The second-order valence-electron chi connectivity index (χ2n) is 5.88. The molecule has 1 aromatic heterocycles. The van der Waals surface area contributed by atoms with Crippen LogP contribution in [0, 0.1) is 0 Å². The number of carbonyl (C=O) groups excluding carboxylic acids is 1. The number of carbonyl (C=O) groups is 1. The highest BCUT2D eigenvalue weighted by atomic mass is 32.2. The zero-order chi connectivity index (χ0) is 16.6. The van der Waals surface area contributed by atoms with E-state index in [0.717, 1.165) is 37.3 Å². The predicted octanol–water partition coefficient (Wildman–Crippen LogP) is 0.521. The molecule has 124 valence electrons. The fraction of sp³-hybridized carbons (Fsp3) is 0.467. The van der Waals surface area contributed by atoms with Gasteiger partial charge in [0.2, 0.25) is 0 Å². The molecule has 1 saturated heterocycles. The number of nitrogens with zero attached hydrogens (tertiary/aromatic N) is 3. The number of hydrogen-bond acceptors (Lipinski definition) is 7. The van der Waals surface area contributed by atoms with Crippen molar-refractivity contribution in [3.63, 3.8) is 0 Å². The van der Waals surface area contributed by atoms with Crippen molar-refractivity contribution in [2.75, 3.05) is 22.9 Å². The third kappa shape index (κ3) is 2.96.